The Morgan fingerprint density at radius 3 is 3.00 bits per heavy atom. The fraction of sp³-hybridized carbons (Fsp3) is 0.538. The van der Waals surface area contributed by atoms with Gasteiger partial charge in [-0.3, -0.25) is 0 Å². The van der Waals surface area contributed by atoms with Gasteiger partial charge in [0.1, 0.15) is 0 Å². The number of ether oxygens (including phenoxy) is 1. The first-order chi connectivity index (χ1) is 8.66. The van der Waals surface area contributed by atoms with Crippen molar-refractivity contribution in [2.75, 3.05) is 25.1 Å². The summed E-state index contributed by atoms with van der Waals surface area (Å²) in [4.78, 5) is 4.43. The van der Waals surface area contributed by atoms with Gasteiger partial charge in [-0.1, -0.05) is 19.9 Å². The molecule has 0 aliphatic rings. The summed E-state index contributed by atoms with van der Waals surface area (Å²) in [5.41, 5.74) is 2.01. The van der Waals surface area contributed by atoms with E-state index in [9.17, 15) is 0 Å². The molecule has 0 saturated heterocycles. The van der Waals surface area contributed by atoms with Gasteiger partial charge in [0, 0.05) is 19.3 Å². The molecule has 2 heterocycles. The molecule has 0 amide bonds. The summed E-state index contributed by atoms with van der Waals surface area (Å²) in [6.45, 7) is 8.49. The Morgan fingerprint density at radius 1 is 1.44 bits per heavy atom. The molecule has 0 atom stereocenters. The quantitative estimate of drug-likeness (QED) is 0.796. The molecule has 2 aromatic rings. The third kappa shape index (κ3) is 3.20. The lowest BCUT2D eigenvalue weighted by Gasteiger charge is -2.06. The second kappa shape index (κ2) is 5.82. The van der Waals surface area contributed by atoms with Crippen LogP contribution in [0.5, 0.6) is 0 Å². The Kier molecular flexibility index (Phi) is 4.15. The molecule has 5 heteroatoms. The highest BCUT2D eigenvalue weighted by atomic mass is 16.5. The molecule has 0 saturated carbocycles. The zero-order valence-corrected chi connectivity index (χ0v) is 11.2. The Labute approximate surface area is 107 Å². The van der Waals surface area contributed by atoms with E-state index in [2.05, 4.69) is 29.2 Å². The molecule has 0 fully saturated rings. The van der Waals surface area contributed by atoms with Crippen LogP contribution < -0.4 is 5.32 Å². The summed E-state index contributed by atoms with van der Waals surface area (Å²) in [7, 11) is 0. The van der Waals surface area contributed by atoms with E-state index in [1.807, 2.05) is 25.3 Å². The summed E-state index contributed by atoms with van der Waals surface area (Å²) >= 11 is 0. The summed E-state index contributed by atoms with van der Waals surface area (Å²) in [5, 5.41) is 7.51. The average Bonchev–Trinajstić information content (AvgIpc) is 2.72. The van der Waals surface area contributed by atoms with Gasteiger partial charge in [0.05, 0.1) is 6.61 Å². The average molecular weight is 248 g/mol. The van der Waals surface area contributed by atoms with Crippen LogP contribution in [0.25, 0.3) is 5.65 Å². The highest BCUT2D eigenvalue weighted by Gasteiger charge is 2.04. The maximum absolute atomic E-state index is 5.49. The van der Waals surface area contributed by atoms with Gasteiger partial charge in [0.25, 0.3) is 0 Å². The topological polar surface area (TPSA) is 51.5 Å². The van der Waals surface area contributed by atoms with E-state index >= 15 is 0 Å². The minimum atomic E-state index is 0.570. The number of nitrogens with zero attached hydrogens (tertiary/aromatic N) is 3. The number of hydrogen-bond acceptors (Lipinski definition) is 4. The molecule has 0 bridgehead atoms. The van der Waals surface area contributed by atoms with Crippen LogP contribution in [0.15, 0.2) is 18.3 Å². The summed E-state index contributed by atoms with van der Waals surface area (Å²) in [6.07, 6.45) is 1.90. The predicted molar refractivity (Wildman–Crippen MR) is 71.9 cm³/mol. The highest BCUT2D eigenvalue weighted by Crippen LogP contribution is 2.09. The Bertz CT molecular complexity index is 507. The van der Waals surface area contributed by atoms with Crippen molar-refractivity contribution in [1.82, 2.24) is 14.6 Å². The molecular weight excluding hydrogens is 228 g/mol. The van der Waals surface area contributed by atoms with E-state index in [1.165, 1.54) is 0 Å². The maximum Gasteiger partial charge on any atom is 0.243 e. The normalized spacial score (nSPS) is 11.3. The number of pyridine rings is 1. The first-order valence-electron chi connectivity index (χ1n) is 6.30. The van der Waals surface area contributed by atoms with Gasteiger partial charge in [0.2, 0.25) is 5.95 Å². The first-order valence-corrected chi connectivity index (χ1v) is 6.30. The molecule has 5 nitrogen and oxygen atoms in total. The number of hydrogen-bond donors (Lipinski definition) is 1. The molecule has 1 N–H and O–H groups in total. The van der Waals surface area contributed by atoms with Gasteiger partial charge in [-0.05, 0) is 24.5 Å². The minimum Gasteiger partial charge on any atom is -0.379 e. The second-order valence-corrected chi connectivity index (χ2v) is 4.79. The molecule has 2 aromatic heterocycles. The Hall–Kier alpha value is -1.62. The third-order valence-electron chi connectivity index (χ3n) is 2.54. The number of aryl methyl sites for hydroxylation is 1. The van der Waals surface area contributed by atoms with E-state index < -0.39 is 0 Å². The van der Waals surface area contributed by atoms with Gasteiger partial charge in [-0.15, -0.1) is 5.10 Å². The van der Waals surface area contributed by atoms with Crippen molar-refractivity contribution in [3.05, 3.63) is 23.9 Å². The number of anilines is 1. The van der Waals surface area contributed by atoms with Crippen molar-refractivity contribution in [3.63, 3.8) is 0 Å². The summed E-state index contributed by atoms with van der Waals surface area (Å²) < 4.78 is 7.27. The second-order valence-electron chi connectivity index (χ2n) is 4.79. The van der Waals surface area contributed by atoms with E-state index in [4.69, 9.17) is 4.74 Å². The molecule has 0 radical (unpaired) electrons. The molecule has 98 valence electrons. The van der Waals surface area contributed by atoms with Crippen LogP contribution in [0.2, 0.25) is 0 Å². The molecule has 0 spiro atoms. The van der Waals surface area contributed by atoms with Crippen LogP contribution in [-0.2, 0) is 4.74 Å². The lowest BCUT2D eigenvalue weighted by atomic mass is 10.2. The Balaban J connectivity index is 1.87. The van der Waals surface area contributed by atoms with Gasteiger partial charge in [-0.25, -0.2) is 4.52 Å². The molecule has 2 rings (SSSR count). The van der Waals surface area contributed by atoms with E-state index in [-0.39, 0.29) is 0 Å². The highest BCUT2D eigenvalue weighted by molar-refractivity contribution is 5.49. The van der Waals surface area contributed by atoms with Crippen LogP contribution in [0, 0.1) is 12.8 Å². The number of rotatable bonds is 6. The summed E-state index contributed by atoms with van der Waals surface area (Å²) in [5.74, 6) is 1.22. The number of nitrogens with one attached hydrogen (secondary N) is 1. The van der Waals surface area contributed by atoms with Gasteiger partial charge < -0.3 is 10.1 Å². The van der Waals surface area contributed by atoms with Crippen LogP contribution >= 0.6 is 0 Å². The van der Waals surface area contributed by atoms with Crippen LogP contribution in [0.3, 0.4) is 0 Å². The summed E-state index contributed by atoms with van der Waals surface area (Å²) in [6, 6.07) is 3.99. The van der Waals surface area contributed by atoms with Gasteiger partial charge >= 0.3 is 0 Å². The van der Waals surface area contributed by atoms with Gasteiger partial charge in [0.15, 0.2) is 5.65 Å². The van der Waals surface area contributed by atoms with Crippen molar-refractivity contribution in [2.24, 2.45) is 5.92 Å². The Morgan fingerprint density at radius 2 is 2.28 bits per heavy atom. The van der Waals surface area contributed by atoms with Crippen LogP contribution in [0.4, 0.5) is 5.95 Å². The fourth-order valence-electron chi connectivity index (χ4n) is 1.67. The van der Waals surface area contributed by atoms with Crippen molar-refractivity contribution < 1.29 is 4.74 Å². The molecule has 0 aromatic carbocycles. The zero-order valence-electron chi connectivity index (χ0n) is 11.2. The molecule has 18 heavy (non-hydrogen) atoms. The van der Waals surface area contributed by atoms with Crippen molar-refractivity contribution in [3.8, 4) is 0 Å². The van der Waals surface area contributed by atoms with E-state index in [0.29, 0.717) is 18.5 Å². The molecule has 0 unspecified atom stereocenters. The standard InChI is InChI=1S/C13H20N4O/c1-10(2)9-18-8-6-14-13-15-12-11(3)5-4-7-17(12)16-13/h4-5,7,10H,6,8-9H2,1-3H3,(H,14,16). The van der Waals surface area contributed by atoms with Crippen LogP contribution in [-0.4, -0.2) is 34.4 Å². The van der Waals surface area contributed by atoms with E-state index in [0.717, 1.165) is 24.4 Å². The largest absolute Gasteiger partial charge is 0.379 e. The monoisotopic (exact) mass is 248 g/mol. The number of aromatic nitrogens is 3. The lowest BCUT2D eigenvalue weighted by Crippen LogP contribution is -2.12. The zero-order chi connectivity index (χ0) is 13.0. The van der Waals surface area contributed by atoms with E-state index in [1.54, 1.807) is 4.52 Å². The van der Waals surface area contributed by atoms with Crippen molar-refractivity contribution in [1.29, 1.82) is 0 Å². The minimum absolute atomic E-state index is 0.570. The maximum atomic E-state index is 5.49. The lowest BCUT2D eigenvalue weighted by molar-refractivity contribution is 0.118. The smallest absolute Gasteiger partial charge is 0.243 e. The molecule has 0 aliphatic heterocycles. The van der Waals surface area contributed by atoms with Crippen LogP contribution in [0.1, 0.15) is 19.4 Å². The fourth-order valence-corrected chi connectivity index (χ4v) is 1.67. The van der Waals surface area contributed by atoms with Crippen molar-refractivity contribution >= 4 is 11.6 Å². The first kappa shape index (κ1) is 12.8. The predicted octanol–water partition coefficient (Wildman–Crippen LogP) is 2.12. The molecular formula is C13H20N4O. The molecule has 0 aliphatic carbocycles. The SMILES string of the molecule is Cc1cccn2nc(NCCOCC(C)C)nc12. The third-order valence-corrected chi connectivity index (χ3v) is 2.54. The van der Waals surface area contributed by atoms with Crippen molar-refractivity contribution in [2.45, 2.75) is 20.8 Å². The number of fused-ring (bicyclic) bond motifs is 1. The van der Waals surface area contributed by atoms with Gasteiger partial charge in [-0.2, -0.15) is 4.98 Å².